The largest absolute Gasteiger partial charge is 0.464 e. The molecule has 2 heterocycles. The summed E-state index contributed by atoms with van der Waals surface area (Å²) in [5.41, 5.74) is 1.09. The van der Waals surface area contributed by atoms with E-state index in [1.807, 2.05) is 0 Å². The Hall–Kier alpha value is -1.03. The van der Waals surface area contributed by atoms with E-state index in [4.69, 9.17) is 0 Å². The van der Waals surface area contributed by atoms with Crippen molar-refractivity contribution in [1.82, 2.24) is 9.29 Å². The van der Waals surface area contributed by atoms with Gasteiger partial charge in [-0.3, -0.25) is 0 Å². The Morgan fingerprint density at radius 2 is 2.37 bits per heavy atom. The number of carbonyl (C=O) groups excluding carboxylic acids is 1. The first kappa shape index (κ1) is 14.4. The first-order chi connectivity index (χ1) is 8.96. The molecule has 7 nitrogen and oxygen atoms in total. The number of hydrogen-bond donors (Lipinski definition) is 1. The van der Waals surface area contributed by atoms with Gasteiger partial charge in [-0.05, 0) is 12.8 Å². The van der Waals surface area contributed by atoms with E-state index in [0.29, 0.717) is 19.4 Å². The standard InChI is InChI=1S/C10H14N2O5S2/c1-17-9(14)8-10(18-6-11-8)19(15,16)12-4-2-3-7(13)5-12/h6-7,13H,2-5H2,1H3/t7-/m0/s1. The SMILES string of the molecule is COC(=O)c1ncsc1S(=O)(=O)N1CCC[C@H](O)C1. The van der Waals surface area contributed by atoms with Crippen LogP contribution in [-0.4, -0.2) is 55.1 Å². The maximum Gasteiger partial charge on any atom is 0.358 e. The van der Waals surface area contributed by atoms with E-state index in [1.54, 1.807) is 0 Å². The molecule has 1 aromatic rings. The first-order valence-electron chi connectivity index (χ1n) is 5.67. The maximum absolute atomic E-state index is 12.4. The van der Waals surface area contributed by atoms with Gasteiger partial charge in [0.15, 0.2) is 9.90 Å². The molecule has 1 saturated heterocycles. The molecule has 1 atom stereocenters. The van der Waals surface area contributed by atoms with Crippen molar-refractivity contribution in [3.63, 3.8) is 0 Å². The number of ether oxygens (including phenoxy) is 1. The molecule has 0 spiro atoms. The number of thiazole rings is 1. The second-order valence-electron chi connectivity index (χ2n) is 4.14. The molecule has 1 fully saturated rings. The van der Waals surface area contributed by atoms with Crippen LogP contribution < -0.4 is 0 Å². The van der Waals surface area contributed by atoms with E-state index in [1.165, 1.54) is 16.9 Å². The fraction of sp³-hybridized carbons (Fsp3) is 0.600. The van der Waals surface area contributed by atoms with Crippen molar-refractivity contribution >= 4 is 27.3 Å². The predicted molar refractivity (Wildman–Crippen MR) is 67.5 cm³/mol. The highest BCUT2D eigenvalue weighted by atomic mass is 32.2. The van der Waals surface area contributed by atoms with Gasteiger partial charge in [0.2, 0.25) is 0 Å². The van der Waals surface area contributed by atoms with Crippen LogP contribution in [0.25, 0.3) is 0 Å². The van der Waals surface area contributed by atoms with Crippen LogP contribution in [-0.2, 0) is 14.8 Å². The van der Waals surface area contributed by atoms with Gasteiger partial charge in [0.1, 0.15) is 0 Å². The second kappa shape index (κ2) is 5.53. The summed E-state index contributed by atoms with van der Waals surface area (Å²) in [6.45, 7) is 0.374. The number of aliphatic hydroxyl groups is 1. The van der Waals surface area contributed by atoms with Gasteiger partial charge in [0.25, 0.3) is 10.0 Å². The quantitative estimate of drug-likeness (QED) is 0.794. The van der Waals surface area contributed by atoms with Gasteiger partial charge in [-0.25, -0.2) is 18.2 Å². The van der Waals surface area contributed by atoms with Gasteiger partial charge in [-0.15, -0.1) is 11.3 Å². The minimum atomic E-state index is -3.81. The maximum atomic E-state index is 12.4. The number of β-amino-alcohol motifs (C(OH)–C–C–N with tert-alkyl or cyclic N) is 1. The monoisotopic (exact) mass is 306 g/mol. The van der Waals surface area contributed by atoms with Crippen molar-refractivity contribution in [2.45, 2.75) is 23.2 Å². The average molecular weight is 306 g/mol. The van der Waals surface area contributed by atoms with E-state index >= 15 is 0 Å². The van der Waals surface area contributed by atoms with E-state index in [2.05, 4.69) is 9.72 Å². The topological polar surface area (TPSA) is 96.8 Å². The van der Waals surface area contributed by atoms with Gasteiger partial charge < -0.3 is 9.84 Å². The molecule has 0 radical (unpaired) electrons. The van der Waals surface area contributed by atoms with Crippen LogP contribution in [0.4, 0.5) is 0 Å². The molecule has 0 aliphatic carbocycles. The summed E-state index contributed by atoms with van der Waals surface area (Å²) in [5.74, 6) is -0.780. The lowest BCUT2D eigenvalue weighted by Crippen LogP contribution is -2.42. The van der Waals surface area contributed by atoms with Crippen LogP contribution in [0.15, 0.2) is 9.72 Å². The minimum Gasteiger partial charge on any atom is -0.464 e. The van der Waals surface area contributed by atoms with E-state index in [-0.39, 0.29) is 16.4 Å². The number of hydrogen-bond acceptors (Lipinski definition) is 7. The Bertz CT molecular complexity index is 568. The summed E-state index contributed by atoms with van der Waals surface area (Å²) in [6, 6.07) is 0. The lowest BCUT2D eigenvalue weighted by Gasteiger charge is -2.28. The summed E-state index contributed by atoms with van der Waals surface area (Å²) in [6.07, 6.45) is 0.503. The van der Waals surface area contributed by atoms with E-state index < -0.39 is 22.1 Å². The normalized spacial score (nSPS) is 21.3. The lowest BCUT2D eigenvalue weighted by atomic mass is 10.1. The number of rotatable bonds is 3. The Kier molecular flexibility index (Phi) is 4.19. The smallest absolute Gasteiger partial charge is 0.358 e. The van der Waals surface area contributed by atoms with Gasteiger partial charge in [0.05, 0.1) is 18.7 Å². The molecule has 0 aromatic carbocycles. The number of aliphatic hydroxyl groups excluding tert-OH is 1. The molecule has 0 bridgehead atoms. The molecule has 1 aromatic heterocycles. The van der Waals surface area contributed by atoms with Crippen molar-refractivity contribution in [2.75, 3.05) is 20.2 Å². The predicted octanol–water partition coefficient (Wildman–Crippen LogP) is 0.0751. The van der Waals surface area contributed by atoms with Crippen molar-refractivity contribution in [1.29, 1.82) is 0 Å². The third kappa shape index (κ3) is 2.78. The Balaban J connectivity index is 2.34. The molecular weight excluding hydrogens is 292 g/mol. The van der Waals surface area contributed by atoms with Crippen LogP contribution in [0.2, 0.25) is 0 Å². The molecule has 0 amide bonds. The van der Waals surface area contributed by atoms with Crippen LogP contribution in [0.3, 0.4) is 0 Å². The number of esters is 1. The number of nitrogens with zero attached hydrogens (tertiary/aromatic N) is 2. The van der Waals surface area contributed by atoms with Crippen LogP contribution in [0.1, 0.15) is 23.3 Å². The van der Waals surface area contributed by atoms with Crippen molar-refractivity contribution in [3.05, 3.63) is 11.2 Å². The average Bonchev–Trinajstić information content (AvgIpc) is 2.87. The number of sulfonamides is 1. The summed E-state index contributed by atoms with van der Waals surface area (Å²) < 4.78 is 30.4. The van der Waals surface area contributed by atoms with Gasteiger partial charge in [-0.2, -0.15) is 4.31 Å². The van der Waals surface area contributed by atoms with Crippen molar-refractivity contribution in [3.8, 4) is 0 Å². The molecule has 2 rings (SSSR count). The van der Waals surface area contributed by atoms with Crippen molar-refractivity contribution < 1.29 is 23.1 Å². The lowest BCUT2D eigenvalue weighted by molar-refractivity contribution is 0.0590. The number of aromatic nitrogens is 1. The van der Waals surface area contributed by atoms with Crippen LogP contribution in [0, 0.1) is 0 Å². The fourth-order valence-electron chi connectivity index (χ4n) is 1.91. The third-order valence-corrected chi connectivity index (χ3v) is 6.06. The molecule has 0 saturated carbocycles. The van der Waals surface area contributed by atoms with Crippen molar-refractivity contribution in [2.24, 2.45) is 0 Å². The Morgan fingerprint density at radius 3 is 3.00 bits per heavy atom. The Labute approximate surface area is 114 Å². The highest BCUT2D eigenvalue weighted by molar-refractivity contribution is 7.91. The molecule has 106 valence electrons. The molecule has 1 N–H and O–H groups in total. The zero-order chi connectivity index (χ0) is 14.0. The number of carbonyl (C=O) groups is 1. The van der Waals surface area contributed by atoms with Gasteiger partial charge >= 0.3 is 5.97 Å². The molecular formula is C10H14N2O5S2. The number of methoxy groups -OCH3 is 1. The highest BCUT2D eigenvalue weighted by Crippen LogP contribution is 2.27. The molecule has 9 heteroatoms. The van der Waals surface area contributed by atoms with Gasteiger partial charge in [-0.1, -0.05) is 0 Å². The summed E-state index contributed by atoms with van der Waals surface area (Å²) in [5, 5.41) is 9.56. The number of piperidine rings is 1. The molecule has 1 aliphatic rings. The highest BCUT2D eigenvalue weighted by Gasteiger charge is 2.34. The third-order valence-electron chi connectivity index (χ3n) is 2.85. The minimum absolute atomic E-state index is 0.0425. The molecule has 1 aliphatic heterocycles. The summed E-state index contributed by atoms with van der Waals surface area (Å²) >= 11 is 0.872. The fourth-order valence-corrected chi connectivity index (χ4v) is 4.69. The molecule has 0 unspecified atom stereocenters. The van der Waals surface area contributed by atoms with Gasteiger partial charge in [0, 0.05) is 13.1 Å². The zero-order valence-electron chi connectivity index (χ0n) is 10.3. The van der Waals surface area contributed by atoms with E-state index in [0.717, 1.165) is 11.3 Å². The van der Waals surface area contributed by atoms with E-state index in [9.17, 15) is 18.3 Å². The van der Waals surface area contributed by atoms with Crippen LogP contribution in [0.5, 0.6) is 0 Å². The van der Waals surface area contributed by atoms with Crippen LogP contribution >= 0.6 is 11.3 Å². The summed E-state index contributed by atoms with van der Waals surface area (Å²) in [4.78, 5) is 15.2. The molecule has 19 heavy (non-hydrogen) atoms. The Morgan fingerprint density at radius 1 is 1.63 bits per heavy atom. The first-order valence-corrected chi connectivity index (χ1v) is 7.99. The summed E-state index contributed by atoms with van der Waals surface area (Å²) in [7, 11) is -2.64. The zero-order valence-corrected chi connectivity index (χ0v) is 11.9. The second-order valence-corrected chi connectivity index (χ2v) is 7.13.